The van der Waals surface area contributed by atoms with Crippen LogP contribution in [0.3, 0.4) is 0 Å². The van der Waals surface area contributed by atoms with E-state index >= 15 is 0 Å². The third kappa shape index (κ3) is 5.36. The number of hydrogen-bond acceptors (Lipinski definition) is 7. The van der Waals surface area contributed by atoms with E-state index in [9.17, 15) is 28.1 Å². The third-order valence-corrected chi connectivity index (χ3v) is 4.37. The van der Waals surface area contributed by atoms with Crippen LogP contribution in [0.2, 0.25) is 0 Å². The van der Waals surface area contributed by atoms with Crippen LogP contribution < -0.4 is 4.72 Å². The molecule has 148 valence electrons. The van der Waals surface area contributed by atoms with E-state index in [2.05, 4.69) is 4.72 Å². The summed E-state index contributed by atoms with van der Waals surface area (Å²) in [5, 5.41) is 11.0. The molecule has 2 rings (SSSR count). The number of ether oxygens (including phenoxy) is 1. The molecule has 0 aliphatic rings. The van der Waals surface area contributed by atoms with Crippen LogP contribution in [0.4, 0.5) is 11.4 Å². The van der Waals surface area contributed by atoms with E-state index < -0.39 is 32.8 Å². The first-order valence-corrected chi connectivity index (χ1v) is 9.95. The van der Waals surface area contributed by atoms with Crippen molar-refractivity contribution in [1.29, 1.82) is 0 Å². The highest BCUT2D eigenvalue weighted by Gasteiger charge is 2.22. The Hall–Kier alpha value is -3.27. The first-order chi connectivity index (χ1) is 13.0. The summed E-state index contributed by atoms with van der Waals surface area (Å²) in [6, 6.07) is 9.52. The maximum atomic E-state index is 12.4. The van der Waals surface area contributed by atoms with Crippen LogP contribution in [0.15, 0.2) is 42.5 Å². The first-order valence-electron chi connectivity index (χ1n) is 8.06. The molecule has 0 fully saturated rings. The Labute approximate surface area is 161 Å². The monoisotopic (exact) mass is 406 g/mol. The Morgan fingerprint density at radius 3 is 2.21 bits per heavy atom. The number of carbonyl (C=O) groups is 2. The van der Waals surface area contributed by atoms with Gasteiger partial charge in [-0.2, -0.15) is 0 Å². The second kappa shape index (κ2) is 8.17. The molecule has 0 saturated carbocycles. The van der Waals surface area contributed by atoms with Crippen LogP contribution in [-0.4, -0.2) is 37.5 Å². The quantitative estimate of drug-likeness (QED) is 0.323. The van der Waals surface area contributed by atoms with Gasteiger partial charge in [0.1, 0.15) is 0 Å². The Balaban J connectivity index is 2.10. The SMILES string of the molecule is Cc1ccc(C(=O)O[C@@H](C)C(=O)c2ccc(NS(C)(=O)=O)cc2)cc1[N+](=O)[O-]. The predicted molar refractivity (Wildman–Crippen MR) is 102 cm³/mol. The Kier molecular flexibility index (Phi) is 6.14. The lowest BCUT2D eigenvalue weighted by atomic mass is 10.1. The van der Waals surface area contributed by atoms with Gasteiger partial charge in [-0.15, -0.1) is 0 Å². The van der Waals surface area contributed by atoms with Crippen molar-refractivity contribution in [2.45, 2.75) is 20.0 Å². The molecule has 2 aromatic carbocycles. The van der Waals surface area contributed by atoms with Gasteiger partial charge in [-0.25, -0.2) is 13.2 Å². The number of anilines is 1. The second-order valence-corrected chi connectivity index (χ2v) is 7.87. The number of rotatable bonds is 7. The maximum absolute atomic E-state index is 12.4. The largest absolute Gasteiger partial charge is 0.451 e. The minimum absolute atomic E-state index is 0.0374. The second-order valence-electron chi connectivity index (χ2n) is 6.12. The number of aryl methyl sites for hydroxylation is 1. The van der Waals surface area contributed by atoms with Gasteiger partial charge in [0.25, 0.3) is 5.69 Å². The summed E-state index contributed by atoms with van der Waals surface area (Å²) in [7, 11) is -3.44. The molecule has 0 spiro atoms. The standard InChI is InChI=1S/C18H18N2O7S/c1-11-4-5-14(10-16(11)20(23)24)18(22)27-12(2)17(21)13-6-8-15(9-7-13)19-28(3,25)26/h4-10,12,19H,1-3H3/t12-/m0/s1. The van der Waals surface area contributed by atoms with Crippen molar-refractivity contribution in [3.63, 3.8) is 0 Å². The molecule has 10 heteroatoms. The fraction of sp³-hybridized carbons (Fsp3) is 0.222. The molecule has 0 bridgehead atoms. The zero-order valence-electron chi connectivity index (χ0n) is 15.3. The van der Waals surface area contributed by atoms with Crippen LogP contribution in [0, 0.1) is 17.0 Å². The zero-order chi connectivity index (χ0) is 21.1. The highest BCUT2D eigenvalue weighted by atomic mass is 32.2. The van der Waals surface area contributed by atoms with E-state index in [0.717, 1.165) is 12.3 Å². The van der Waals surface area contributed by atoms with E-state index in [4.69, 9.17) is 4.74 Å². The predicted octanol–water partition coefficient (Wildman–Crippen LogP) is 2.70. The Bertz CT molecular complexity index is 1030. The van der Waals surface area contributed by atoms with E-state index in [0.29, 0.717) is 5.56 Å². The van der Waals surface area contributed by atoms with Crippen molar-refractivity contribution in [2.24, 2.45) is 0 Å². The number of esters is 1. The summed E-state index contributed by atoms with van der Waals surface area (Å²) < 4.78 is 29.8. The van der Waals surface area contributed by atoms with E-state index in [1.54, 1.807) is 6.92 Å². The van der Waals surface area contributed by atoms with Crippen molar-refractivity contribution < 1.29 is 27.7 Å². The molecule has 9 nitrogen and oxygen atoms in total. The number of Topliss-reactive ketones (excluding diaryl/α,β-unsaturated/α-hetero) is 1. The average Bonchev–Trinajstić information content (AvgIpc) is 2.60. The van der Waals surface area contributed by atoms with Crippen molar-refractivity contribution >= 4 is 33.2 Å². The summed E-state index contributed by atoms with van der Waals surface area (Å²) >= 11 is 0. The van der Waals surface area contributed by atoms with Crippen molar-refractivity contribution in [3.8, 4) is 0 Å². The molecule has 2 aromatic rings. The molecule has 1 atom stereocenters. The molecule has 0 aliphatic carbocycles. The number of ketones is 1. The number of hydrogen-bond donors (Lipinski definition) is 1. The maximum Gasteiger partial charge on any atom is 0.339 e. The summed E-state index contributed by atoms with van der Waals surface area (Å²) in [5.41, 5.74) is 0.644. The van der Waals surface area contributed by atoms with Crippen LogP contribution in [-0.2, 0) is 14.8 Å². The molecule has 28 heavy (non-hydrogen) atoms. The molecule has 0 saturated heterocycles. The zero-order valence-corrected chi connectivity index (χ0v) is 16.1. The Morgan fingerprint density at radius 2 is 1.68 bits per heavy atom. The van der Waals surface area contributed by atoms with Gasteiger partial charge >= 0.3 is 5.97 Å². The van der Waals surface area contributed by atoms with Crippen LogP contribution in [0.1, 0.15) is 33.2 Å². The smallest absolute Gasteiger partial charge is 0.339 e. The molecule has 0 amide bonds. The van der Waals surface area contributed by atoms with E-state index in [1.807, 2.05) is 0 Å². The van der Waals surface area contributed by atoms with Gasteiger partial charge in [0, 0.05) is 22.9 Å². The summed E-state index contributed by atoms with van der Waals surface area (Å²) in [6.45, 7) is 2.92. The molecule has 0 radical (unpaired) electrons. The van der Waals surface area contributed by atoms with Crippen molar-refractivity contribution in [1.82, 2.24) is 0 Å². The van der Waals surface area contributed by atoms with Crippen LogP contribution in [0.25, 0.3) is 0 Å². The van der Waals surface area contributed by atoms with Crippen LogP contribution >= 0.6 is 0 Å². The lowest BCUT2D eigenvalue weighted by Crippen LogP contribution is -2.24. The fourth-order valence-electron chi connectivity index (χ4n) is 2.37. The number of carbonyl (C=O) groups excluding carboxylic acids is 2. The van der Waals surface area contributed by atoms with Gasteiger partial charge in [-0.3, -0.25) is 19.6 Å². The van der Waals surface area contributed by atoms with Gasteiger partial charge < -0.3 is 4.74 Å². The fourth-order valence-corrected chi connectivity index (χ4v) is 2.93. The third-order valence-electron chi connectivity index (χ3n) is 3.77. The summed E-state index contributed by atoms with van der Waals surface area (Å²) in [6.07, 6.45) is -0.134. The topological polar surface area (TPSA) is 133 Å². The van der Waals surface area contributed by atoms with Crippen LogP contribution in [0.5, 0.6) is 0 Å². The van der Waals surface area contributed by atoms with Gasteiger partial charge in [-0.05, 0) is 44.2 Å². The average molecular weight is 406 g/mol. The lowest BCUT2D eigenvalue weighted by molar-refractivity contribution is -0.385. The van der Waals surface area contributed by atoms with Gasteiger partial charge in [-0.1, -0.05) is 6.07 Å². The molecular formula is C18H18N2O7S. The lowest BCUT2D eigenvalue weighted by Gasteiger charge is -2.13. The van der Waals surface area contributed by atoms with Crippen molar-refractivity contribution in [3.05, 3.63) is 69.3 Å². The number of nitrogens with zero attached hydrogens (tertiary/aromatic N) is 1. The van der Waals surface area contributed by atoms with E-state index in [-0.39, 0.29) is 22.5 Å². The molecular weight excluding hydrogens is 388 g/mol. The summed E-state index contributed by atoms with van der Waals surface area (Å²) in [5.74, 6) is -1.36. The number of nitro groups is 1. The number of sulfonamides is 1. The molecule has 0 aliphatic heterocycles. The molecule has 0 unspecified atom stereocenters. The number of nitrogens with one attached hydrogen (secondary N) is 1. The summed E-state index contributed by atoms with van der Waals surface area (Å²) in [4.78, 5) is 35.0. The first kappa shape index (κ1) is 21.0. The van der Waals surface area contributed by atoms with E-state index in [1.165, 1.54) is 43.3 Å². The molecule has 0 aromatic heterocycles. The highest BCUT2D eigenvalue weighted by Crippen LogP contribution is 2.20. The van der Waals surface area contributed by atoms with Crippen molar-refractivity contribution in [2.75, 3.05) is 11.0 Å². The highest BCUT2D eigenvalue weighted by molar-refractivity contribution is 7.92. The molecule has 0 heterocycles. The van der Waals surface area contributed by atoms with Gasteiger partial charge in [0.05, 0.1) is 16.7 Å². The normalized spacial score (nSPS) is 12.1. The minimum atomic E-state index is -3.44. The van der Waals surface area contributed by atoms with Gasteiger partial charge in [0.2, 0.25) is 15.8 Å². The Morgan fingerprint density at radius 1 is 1.11 bits per heavy atom. The molecule has 1 N–H and O–H groups in total. The number of nitro benzene ring substituents is 1. The minimum Gasteiger partial charge on any atom is -0.451 e. The number of benzene rings is 2. The van der Waals surface area contributed by atoms with Gasteiger partial charge in [0.15, 0.2) is 6.10 Å².